The Kier molecular flexibility index (Phi) is 7.14. The highest BCUT2D eigenvalue weighted by Gasteiger charge is 2.11. The van der Waals surface area contributed by atoms with E-state index >= 15 is 0 Å². The normalized spacial score (nSPS) is 10.8. The number of halogens is 2. The van der Waals surface area contributed by atoms with Gasteiger partial charge in [0.15, 0.2) is 11.5 Å². The van der Waals surface area contributed by atoms with Crippen LogP contribution in [-0.2, 0) is 6.54 Å². The smallest absolute Gasteiger partial charge is 0.387 e. The molecule has 0 atom stereocenters. The maximum atomic E-state index is 12.2. The van der Waals surface area contributed by atoms with Gasteiger partial charge >= 0.3 is 6.61 Å². The van der Waals surface area contributed by atoms with Crippen molar-refractivity contribution in [1.82, 2.24) is 5.32 Å². The summed E-state index contributed by atoms with van der Waals surface area (Å²) in [6.45, 7) is 0.690. The Morgan fingerprint density at radius 3 is 2.74 bits per heavy atom. The lowest BCUT2D eigenvalue weighted by atomic mass is 10.2. The van der Waals surface area contributed by atoms with Crippen LogP contribution < -0.4 is 14.8 Å². The van der Waals surface area contributed by atoms with Crippen molar-refractivity contribution in [2.45, 2.75) is 26.5 Å². The zero-order valence-electron chi connectivity index (χ0n) is 10.9. The predicted octanol–water partition coefficient (Wildman–Crippen LogP) is 2.16. The Morgan fingerprint density at radius 1 is 1.32 bits per heavy atom. The van der Waals surface area contributed by atoms with Crippen molar-refractivity contribution in [1.29, 1.82) is 0 Å². The molecule has 0 heterocycles. The van der Waals surface area contributed by atoms with E-state index in [-0.39, 0.29) is 12.4 Å². The van der Waals surface area contributed by atoms with Crippen molar-refractivity contribution >= 4 is 0 Å². The molecule has 1 aromatic carbocycles. The summed E-state index contributed by atoms with van der Waals surface area (Å²) in [5.74, 6) is 0.347. The fourth-order valence-corrected chi connectivity index (χ4v) is 1.56. The van der Waals surface area contributed by atoms with Crippen molar-refractivity contribution in [3.63, 3.8) is 0 Å². The number of hydrogen-bond acceptors (Lipinski definition) is 4. The summed E-state index contributed by atoms with van der Waals surface area (Å²) in [7, 11) is 0. The van der Waals surface area contributed by atoms with Crippen LogP contribution in [0.5, 0.6) is 11.5 Å². The number of alkyl halides is 2. The molecule has 0 fully saturated rings. The Hall–Kier alpha value is -1.40. The number of benzene rings is 1. The Balaban J connectivity index is 2.66. The van der Waals surface area contributed by atoms with Crippen molar-refractivity contribution in [3.05, 3.63) is 23.8 Å². The molecule has 0 unspecified atom stereocenters. The van der Waals surface area contributed by atoms with Gasteiger partial charge < -0.3 is 19.9 Å². The maximum Gasteiger partial charge on any atom is 0.387 e. The van der Waals surface area contributed by atoms with Gasteiger partial charge in [0.05, 0.1) is 6.61 Å². The summed E-state index contributed by atoms with van der Waals surface area (Å²) in [5.41, 5.74) is 0.906. The molecule has 6 heteroatoms. The number of aliphatic hydroxyl groups excluding tert-OH is 1. The van der Waals surface area contributed by atoms with Crippen LogP contribution in [0.25, 0.3) is 0 Å². The van der Waals surface area contributed by atoms with E-state index in [0.29, 0.717) is 31.9 Å². The molecule has 0 saturated heterocycles. The topological polar surface area (TPSA) is 50.7 Å². The standard InChI is InChI=1S/C13H19F2NO3/c1-2-18-12-8-10(9-16-6-3-7-17)4-5-11(12)19-13(14)15/h4-5,8,13,16-17H,2-3,6-7,9H2,1H3. The molecular weight excluding hydrogens is 256 g/mol. The summed E-state index contributed by atoms with van der Waals surface area (Å²) in [6.07, 6.45) is 0.672. The molecule has 0 saturated carbocycles. The number of ether oxygens (including phenoxy) is 2. The summed E-state index contributed by atoms with van der Waals surface area (Å²) >= 11 is 0. The molecule has 0 bridgehead atoms. The van der Waals surface area contributed by atoms with Crippen molar-refractivity contribution < 1.29 is 23.4 Å². The van der Waals surface area contributed by atoms with Gasteiger partial charge in [0.25, 0.3) is 0 Å². The average Bonchev–Trinajstić information content (AvgIpc) is 2.37. The Labute approximate surface area is 111 Å². The minimum Gasteiger partial charge on any atom is -0.490 e. The van der Waals surface area contributed by atoms with Crippen LogP contribution >= 0.6 is 0 Å². The van der Waals surface area contributed by atoms with E-state index in [1.807, 2.05) is 0 Å². The lowest BCUT2D eigenvalue weighted by Gasteiger charge is -2.13. The highest BCUT2D eigenvalue weighted by Crippen LogP contribution is 2.29. The first kappa shape index (κ1) is 15.7. The largest absolute Gasteiger partial charge is 0.490 e. The molecule has 0 aliphatic carbocycles. The van der Waals surface area contributed by atoms with Crippen LogP contribution in [0.1, 0.15) is 18.9 Å². The zero-order chi connectivity index (χ0) is 14.1. The van der Waals surface area contributed by atoms with Crippen LogP contribution in [-0.4, -0.2) is 31.5 Å². The second kappa shape index (κ2) is 8.66. The van der Waals surface area contributed by atoms with E-state index in [2.05, 4.69) is 10.1 Å². The Bertz CT molecular complexity index is 375. The molecule has 0 aliphatic heterocycles. The van der Waals surface area contributed by atoms with Gasteiger partial charge in [-0.3, -0.25) is 0 Å². The van der Waals surface area contributed by atoms with Gasteiger partial charge in [-0.2, -0.15) is 8.78 Å². The molecular formula is C13H19F2NO3. The van der Waals surface area contributed by atoms with Crippen LogP contribution in [0.2, 0.25) is 0 Å². The molecule has 1 rings (SSSR count). The van der Waals surface area contributed by atoms with Crippen molar-refractivity contribution in [2.75, 3.05) is 19.8 Å². The highest BCUT2D eigenvalue weighted by atomic mass is 19.3. The minimum atomic E-state index is -2.87. The second-order valence-corrected chi connectivity index (χ2v) is 3.85. The van der Waals surface area contributed by atoms with Gasteiger partial charge in [-0.1, -0.05) is 6.07 Å². The number of hydrogen-bond donors (Lipinski definition) is 2. The maximum absolute atomic E-state index is 12.2. The molecule has 19 heavy (non-hydrogen) atoms. The molecule has 0 aromatic heterocycles. The fraction of sp³-hybridized carbons (Fsp3) is 0.538. The van der Waals surface area contributed by atoms with E-state index in [4.69, 9.17) is 9.84 Å². The number of aliphatic hydroxyl groups is 1. The van der Waals surface area contributed by atoms with E-state index in [0.717, 1.165) is 5.56 Å². The van der Waals surface area contributed by atoms with E-state index in [9.17, 15) is 8.78 Å². The lowest BCUT2D eigenvalue weighted by molar-refractivity contribution is -0.0514. The molecule has 1 aromatic rings. The summed E-state index contributed by atoms with van der Waals surface area (Å²) < 4.78 is 34.1. The molecule has 0 aliphatic rings. The van der Waals surface area contributed by atoms with Crippen LogP contribution in [0.4, 0.5) is 8.78 Å². The zero-order valence-corrected chi connectivity index (χ0v) is 10.9. The average molecular weight is 275 g/mol. The van der Waals surface area contributed by atoms with Gasteiger partial charge in [0.2, 0.25) is 0 Å². The molecule has 108 valence electrons. The van der Waals surface area contributed by atoms with E-state index < -0.39 is 6.61 Å². The van der Waals surface area contributed by atoms with Gasteiger partial charge in [0.1, 0.15) is 0 Å². The van der Waals surface area contributed by atoms with Crippen molar-refractivity contribution in [3.8, 4) is 11.5 Å². The number of nitrogens with one attached hydrogen (secondary N) is 1. The van der Waals surface area contributed by atoms with Crippen LogP contribution in [0, 0.1) is 0 Å². The molecule has 0 radical (unpaired) electrons. The third-order valence-corrected chi connectivity index (χ3v) is 2.36. The first-order chi connectivity index (χ1) is 9.17. The van der Waals surface area contributed by atoms with Crippen molar-refractivity contribution in [2.24, 2.45) is 0 Å². The summed E-state index contributed by atoms with van der Waals surface area (Å²) in [5, 5.41) is 11.8. The van der Waals surface area contributed by atoms with Gasteiger partial charge in [-0.05, 0) is 37.6 Å². The summed E-state index contributed by atoms with van der Waals surface area (Å²) in [4.78, 5) is 0. The third-order valence-electron chi connectivity index (χ3n) is 2.36. The Morgan fingerprint density at radius 2 is 2.11 bits per heavy atom. The second-order valence-electron chi connectivity index (χ2n) is 3.85. The van der Waals surface area contributed by atoms with E-state index in [1.54, 1.807) is 19.1 Å². The van der Waals surface area contributed by atoms with Gasteiger partial charge in [-0.25, -0.2) is 0 Å². The lowest BCUT2D eigenvalue weighted by Crippen LogP contribution is -2.15. The predicted molar refractivity (Wildman–Crippen MR) is 67.7 cm³/mol. The first-order valence-electron chi connectivity index (χ1n) is 6.19. The van der Waals surface area contributed by atoms with Crippen LogP contribution in [0.3, 0.4) is 0 Å². The van der Waals surface area contributed by atoms with E-state index in [1.165, 1.54) is 6.07 Å². The highest BCUT2D eigenvalue weighted by molar-refractivity contribution is 5.43. The van der Waals surface area contributed by atoms with Crippen LogP contribution in [0.15, 0.2) is 18.2 Å². The van der Waals surface area contributed by atoms with Gasteiger partial charge in [-0.15, -0.1) is 0 Å². The molecule has 2 N–H and O–H groups in total. The number of rotatable bonds is 9. The quantitative estimate of drug-likeness (QED) is 0.678. The monoisotopic (exact) mass is 275 g/mol. The molecule has 4 nitrogen and oxygen atoms in total. The summed E-state index contributed by atoms with van der Waals surface area (Å²) in [6, 6.07) is 4.85. The minimum absolute atomic E-state index is 0.0379. The first-order valence-corrected chi connectivity index (χ1v) is 6.19. The molecule has 0 spiro atoms. The third kappa shape index (κ3) is 5.85. The van der Waals surface area contributed by atoms with Gasteiger partial charge in [0, 0.05) is 13.2 Å². The fourth-order valence-electron chi connectivity index (χ4n) is 1.56. The SMILES string of the molecule is CCOc1cc(CNCCCO)ccc1OC(F)F. The molecule has 0 amide bonds.